The van der Waals surface area contributed by atoms with Crippen LogP contribution < -0.4 is 11.5 Å². The Kier molecular flexibility index (Phi) is 3.71. The average Bonchev–Trinajstić information content (AvgIpc) is 2.15. The Bertz CT molecular complexity index is 397. The molecule has 0 saturated carbocycles. The Morgan fingerprint density at radius 2 is 1.75 bits per heavy atom. The normalized spacial score (nSPS) is 9.75. The Hall–Kier alpha value is -2.24. The molecule has 0 bridgehead atoms. The summed E-state index contributed by atoms with van der Waals surface area (Å²) in [5, 5.41) is 8.35. The standard InChI is InChI=1S/C10H12N2O4/c11-7-3-6(4-8(12)5-7)10(15)16-2-1-9(13)14/h3-5H,1-2,11-12H2,(H,13,14). The highest BCUT2D eigenvalue weighted by atomic mass is 16.5. The monoisotopic (exact) mass is 224 g/mol. The lowest BCUT2D eigenvalue weighted by Gasteiger charge is -2.05. The summed E-state index contributed by atoms with van der Waals surface area (Å²) in [6.45, 7) is -0.178. The van der Waals surface area contributed by atoms with Crippen LogP contribution in [-0.4, -0.2) is 23.7 Å². The van der Waals surface area contributed by atoms with E-state index in [-0.39, 0.29) is 18.6 Å². The molecule has 0 aromatic heterocycles. The van der Waals surface area contributed by atoms with Crippen molar-refractivity contribution in [3.63, 3.8) is 0 Å². The van der Waals surface area contributed by atoms with Crippen molar-refractivity contribution >= 4 is 23.3 Å². The first-order chi connectivity index (χ1) is 7.49. The number of nitrogens with two attached hydrogens (primary N) is 2. The number of esters is 1. The van der Waals surface area contributed by atoms with E-state index in [0.29, 0.717) is 11.4 Å². The van der Waals surface area contributed by atoms with Crippen LogP contribution in [0.4, 0.5) is 11.4 Å². The van der Waals surface area contributed by atoms with Crippen LogP contribution in [0.15, 0.2) is 18.2 Å². The number of rotatable bonds is 4. The van der Waals surface area contributed by atoms with Gasteiger partial charge < -0.3 is 21.3 Å². The van der Waals surface area contributed by atoms with Gasteiger partial charge in [0.25, 0.3) is 0 Å². The number of carbonyl (C=O) groups is 2. The van der Waals surface area contributed by atoms with Gasteiger partial charge in [-0.3, -0.25) is 4.79 Å². The summed E-state index contributed by atoms with van der Waals surface area (Å²) in [6.07, 6.45) is -0.233. The van der Waals surface area contributed by atoms with E-state index in [1.54, 1.807) is 0 Å². The first-order valence-electron chi connectivity index (χ1n) is 4.54. The Labute approximate surface area is 91.8 Å². The van der Waals surface area contributed by atoms with Crippen LogP contribution in [0.2, 0.25) is 0 Å². The lowest BCUT2D eigenvalue weighted by atomic mass is 10.2. The molecule has 0 spiro atoms. The Morgan fingerprint density at radius 1 is 1.19 bits per heavy atom. The van der Waals surface area contributed by atoms with Crippen LogP contribution >= 0.6 is 0 Å². The fraction of sp³-hybridized carbons (Fsp3) is 0.200. The second kappa shape index (κ2) is 5.01. The number of anilines is 2. The van der Waals surface area contributed by atoms with E-state index in [1.165, 1.54) is 18.2 Å². The van der Waals surface area contributed by atoms with Gasteiger partial charge in [-0.1, -0.05) is 0 Å². The van der Waals surface area contributed by atoms with Gasteiger partial charge in [-0.05, 0) is 18.2 Å². The average molecular weight is 224 g/mol. The topological polar surface area (TPSA) is 116 Å². The number of carboxylic acids is 1. The molecule has 0 fully saturated rings. The molecule has 6 nitrogen and oxygen atoms in total. The summed E-state index contributed by atoms with van der Waals surface area (Å²) in [7, 11) is 0. The molecule has 0 aliphatic carbocycles. The molecule has 86 valence electrons. The first-order valence-corrected chi connectivity index (χ1v) is 4.54. The van der Waals surface area contributed by atoms with Crippen molar-refractivity contribution in [1.82, 2.24) is 0 Å². The van der Waals surface area contributed by atoms with Crippen molar-refractivity contribution in [1.29, 1.82) is 0 Å². The summed E-state index contributed by atoms with van der Waals surface area (Å²) in [5.74, 6) is -1.67. The largest absolute Gasteiger partial charge is 0.481 e. The highest BCUT2D eigenvalue weighted by Gasteiger charge is 2.09. The molecule has 6 heteroatoms. The van der Waals surface area contributed by atoms with Gasteiger partial charge in [-0.15, -0.1) is 0 Å². The predicted molar refractivity (Wildman–Crippen MR) is 57.8 cm³/mol. The molecule has 5 N–H and O–H groups in total. The van der Waals surface area contributed by atoms with E-state index in [4.69, 9.17) is 21.3 Å². The number of hydrogen-bond acceptors (Lipinski definition) is 5. The molecule has 1 rings (SSSR count). The van der Waals surface area contributed by atoms with Crippen LogP contribution in [0.3, 0.4) is 0 Å². The smallest absolute Gasteiger partial charge is 0.338 e. The molecule has 0 atom stereocenters. The Morgan fingerprint density at radius 3 is 2.25 bits per heavy atom. The number of aliphatic carboxylic acids is 1. The zero-order valence-corrected chi connectivity index (χ0v) is 8.47. The third-order valence-electron chi connectivity index (χ3n) is 1.76. The number of carbonyl (C=O) groups excluding carboxylic acids is 1. The summed E-state index contributed by atoms with van der Waals surface area (Å²) in [4.78, 5) is 21.6. The molecule has 0 heterocycles. The maximum Gasteiger partial charge on any atom is 0.338 e. The highest BCUT2D eigenvalue weighted by Crippen LogP contribution is 2.14. The minimum absolute atomic E-state index is 0.178. The van der Waals surface area contributed by atoms with Gasteiger partial charge in [-0.25, -0.2) is 4.79 Å². The highest BCUT2D eigenvalue weighted by molar-refractivity contribution is 5.91. The molecule has 0 saturated heterocycles. The SMILES string of the molecule is Nc1cc(N)cc(C(=O)OCCC(=O)O)c1. The third kappa shape index (κ3) is 3.49. The van der Waals surface area contributed by atoms with E-state index in [9.17, 15) is 9.59 Å². The lowest BCUT2D eigenvalue weighted by Crippen LogP contribution is -2.10. The quantitative estimate of drug-likeness (QED) is 0.506. The summed E-state index contributed by atoms with van der Waals surface area (Å²) in [5.41, 5.74) is 11.9. The fourth-order valence-electron chi connectivity index (χ4n) is 1.11. The molecular formula is C10H12N2O4. The molecule has 0 amide bonds. The van der Waals surface area contributed by atoms with Crippen molar-refractivity contribution in [2.75, 3.05) is 18.1 Å². The van der Waals surface area contributed by atoms with Gasteiger partial charge in [-0.2, -0.15) is 0 Å². The van der Waals surface area contributed by atoms with Gasteiger partial charge in [0.1, 0.15) is 6.61 Å². The maximum absolute atomic E-state index is 11.4. The number of carboxylic acid groups (broad SMARTS) is 1. The summed E-state index contributed by atoms with van der Waals surface area (Å²) in [6, 6.07) is 4.34. The van der Waals surface area contributed by atoms with Crippen LogP contribution in [0.25, 0.3) is 0 Å². The van der Waals surface area contributed by atoms with E-state index in [0.717, 1.165) is 0 Å². The van der Waals surface area contributed by atoms with Crippen molar-refractivity contribution in [3.8, 4) is 0 Å². The first kappa shape index (κ1) is 11.8. The number of ether oxygens (including phenoxy) is 1. The molecule has 0 aliphatic rings. The molecule has 16 heavy (non-hydrogen) atoms. The van der Waals surface area contributed by atoms with E-state index < -0.39 is 11.9 Å². The van der Waals surface area contributed by atoms with Gasteiger partial charge >= 0.3 is 11.9 Å². The van der Waals surface area contributed by atoms with Crippen LogP contribution in [0.5, 0.6) is 0 Å². The van der Waals surface area contributed by atoms with Gasteiger partial charge in [0, 0.05) is 11.4 Å². The number of benzene rings is 1. The zero-order chi connectivity index (χ0) is 12.1. The molecule has 0 radical (unpaired) electrons. The second-order valence-electron chi connectivity index (χ2n) is 3.17. The van der Waals surface area contributed by atoms with Gasteiger partial charge in [0.2, 0.25) is 0 Å². The van der Waals surface area contributed by atoms with Crippen LogP contribution in [0.1, 0.15) is 16.8 Å². The number of nitrogen functional groups attached to an aromatic ring is 2. The van der Waals surface area contributed by atoms with E-state index >= 15 is 0 Å². The van der Waals surface area contributed by atoms with E-state index in [1.807, 2.05) is 0 Å². The van der Waals surface area contributed by atoms with E-state index in [2.05, 4.69) is 0 Å². The number of hydrogen-bond donors (Lipinski definition) is 3. The molecule has 1 aromatic carbocycles. The summed E-state index contributed by atoms with van der Waals surface area (Å²) >= 11 is 0. The summed E-state index contributed by atoms with van der Waals surface area (Å²) < 4.78 is 4.72. The third-order valence-corrected chi connectivity index (χ3v) is 1.76. The fourth-order valence-corrected chi connectivity index (χ4v) is 1.11. The minimum atomic E-state index is -1.03. The van der Waals surface area contributed by atoms with Gasteiger partial charge in [0.15, 0.2) is 0 Å². The second-order valence-corrected chi connectivity index (χ2v) is 3.17. The van der Waals surface area contributed by atoms with Crippen molar-refractivity contribution in [3.05, 3.63) is 23.8 Å². The molecule has 0 aliphatic heterocycles. The van der Waals surface area contributed by atoms with Crippen LogP contribution in [-0.2, 0) is 9.53 Å². The zero-order valence-electron chi connectivity index (χ0n) is 8.47. The Balaban J connectivity index is 2.62. The van der Waals surface area contributed by atoms with Crippen molar-refractivity contribution < 1.29 is 19.4 Å². The lowest BCUT2D eigenvalue weighted by molar-refractivity contribution is -0.137. The van der Waals surface area contributed by atoms with Crippen molar-refractivity contribution in [2.45, 2.75) is 6.42 Å². The maximum atomic E-state index is 11.4. The molecule has 0 unspecified atom stereocenters. The predicted octanol–water partition coefficient (Wildman–Crippen LogP) is 0.482. The van der Waals surface area contributed by atoms with Gasteiger partial charge in [0.05, 0.1) is 12.0 Å². The molecular weight excluding hydrogens is 212 g/mol. The molecule has 1 aromatic rings. The van der Waals surface area contributed by atoms with Crippen molar-refractivity contribution in [2.24, 2.45) is 0 Å². The van der Waals surface area contributed by atoms with Crippen LogP contribution in [0, 0.1) is 0 Å². The minimum Gasteiger partial charge on any atom is -0.481 e.